The zero-order chi connectivity index (χ0) is 12.6. The maximum atomic E-state index is 3.68. The smallest absolute Gasteiger partial charge is 0.0244 e. The van der Waals surface area contributed by atoms with Gasteiger partial charge in [0.1, 0.15) is 0 Å². The Bertz CT molecular complexity index is 222. The maximum Gasteiger partial charge on any atom is 0.0244 e. The lowest BCUT2D eigenvalue weighted by molar-refractivity contribution is 0.0660. The van der Waals surface area contributed by atoms with Gasteiger partial charge < -0.3 is 5.32 Å². The van der Waals surface area contributed by atoms with E-state index < -0.39 is 0 Å². The van der Waals surface area contributed by atoms with Gasteiger partial charge in [-0.2, -0.15) is 0 Å². The van der Waals surface area contributed by atoms with Crippen LogP contribution in [0.4, 0.5) is 0 Å². The lowest BCUT2D eigenvalue weighted by Crippen LogP contribution is -2.60. The topological polar surface area (TPSA) is 15.3 Å². The molecule has 0 aromatic heterocycles. The summed E-state index contributed by atoms with van der Waals surface area (Å²) in [5.74, 6) is 0. The van der Waals surface area contributed by atoms with Crippen LogP contribution < -0.4 is 5.32 Å². The molecule has 2 unspecified atom stereocenters. The van der Waals surface area contributed by atoms with Crippen LogP contribution in [0.3, 0.4) is 0 Å². The number of piperazine rings is 1. The Hall–Kier alpha value is -0.0800. The highest BCUT2D eigenvalue weighted by atomic mass is 15.2. The fraction of sp³-hybridized carbons (Fsp3) is 1.00. The Balaban J connectivity index is 2.62. The van der Waals surface area contributed by atoms with Gasteiger partial charge in [-0.15, -0.1) is 0 Å². The molecule has 1 rings (SSSR count). The Kier molecular flexibility index (Phi) is 4.07. The van der Waals surface area contributed by atoms with Crippen LogP contribution >= 0.6 is 0 Å². The first kappa shape index (κ1) is 14.0. The van der Waals surface area contributed by atoms with Gasteiger partial charge in [-0.25, -0.2) is 0 Å². The van der Waals surface area contributed by atoms with Crippen LogP contribution in [-0.4, -0.2) is 36.6 Å². The summed E-state index contributed by atoms with van der Waals surface area (Å²) in [6.45, 7) is 19.8. The molecular formula is C14H30N2. The number of rotatable bonds is 1. The Morgan fingerprint density at radius 2 is 1.69 bits per heavy atom. The van der Waals surface area contributed by atoms with E-state index >= 15 is 0 Å². The van der Waals surface area contributed by atoms with E-state index in [1.165, 1.54) is 13.1 Å². The molecule has 0 bridgehead atoms. The van der Waals surface area contributed by atoms with E-state index in [-0.39, 0.29) is 0 Å². The van der Waals surface area contributed by atoms with Gasteiger partial charge in [0.2, 0.25) is 0 Å². The summed E-state index contributed by atoms with van der Waals surface area (Å²) in [5, 5.41) is 3.68. The summed E-state index contributed by atoms with van der Waals surface area (Å²) >= 11 is 0. The zero-order valence-electron chi connectivity index (χ0n) is 12.2. The van der Waals surface area contributed by atoms with E-state index in [9.17, 15) is 0 Å². The molecular weight excluding hydrogens is 196 g/mol. The molecule has 2 atom stereocenters. The van der Waals surface area contributed by atoms with Crippen molar-refractivity contribution in [2.45, 2.75) is 60.5 Å². The average molecular weight is 226 g/mol. The lowest BCUT2D eigenvalue weighted by atomic mass is 9.84. The molecule has 0 spiro atoms. The van der Waals surface area contributed by atoms with Crippen LogP contribution in [0.5, 0.6) is 0 Å². The first-order chi connectivity index (χ1) is 7.09. The molecule has 1 saturated heterocycles. The maximum absolute atomic E-state index is 3.68. The highest BCUT2D eigenvalue weighted by Crippen LogP contribution is 2.25. The summed E-state index contributed by atoms with van der Waals surface area (Å²) in [6.07, 6.45) is 0. The molecule has 1 aliphatic rings. The molecule has 0 radical (unpaired) electrons. The van der Waals surface area contributed by atoms with E-state index in [0.717, 1.165) is 6.54 Å². The van der Waals surface area contributed by atoms with Gasteiger partial charge in [-0.1, -0.05) is 41.5 Å². The number of nitrogens with one attached hydrogen (secondary N) is 1. The van der Waals surface area contributed by atoms with E-state index in [4.69, 9.17) is 0 Å². The predicted octanol–water partition coefficient (Wildman–Crippen LogP) is 2.74. The Morgan fingerprint density at radius 1 is 1.12 bits per heavy atom. The lowest BCUT2D eigenvalue weighted by Gasteiger charge is -2.46. The molecule has 2 heteroatoms. The third-order valence-electron chi connectivity index (χ3n) is 3.42. The van der Waals surface area contributed by atoms with Crippen molar-refractivity contribution in [2.75, 3.05) is 19.6 Å². The minimum atomic E-state index is 0.357. The summed E-state index contributed by atoms with van der Waals surface area (Å²) in [5.41, 5.74) is 0.754. The molecule has 2 nitrogen and oxygen atoms in total. The monoisotopic (exact) mass is 226 g/mol. The van der Waals surface area contributed by atoms with Gasteiger partial charge in [0, 0.05) is 31.7 Å². The molecule has 1 heterocycles. The van der Waals surface area contributed by atoms with Crippen LogP contribution in [0.2, 0.25) is 0 Å². The highest BCUT2D eigenvalue weighted by Gasteiger charge is 2.33. The minimum absolute atomic E-state index is 0.357. The zero-order valence-corrected chi connectivity index (χ0v) is 12.2. The van der Waals surface area contributed by atoms with Crippen molar-refractivity contribution in [3.63, 3.8) is 0 Å². The van der Waals surface area contributed by atoms with Crippen molar-refractivity contribution in [1.29, 1.82) is 0 Å². The second-order valence-corrected chi connectivity index (χ2v) is 7.67. The number of nitrogens with zero attached hydrogens (tertiary/aromatic N) is 1. The molecule has 1 aliphatic heterocycles. The van der Waals surface area contributed by atoms with Crippen molar-refractivity contribution < 1.29 is 0 Å². The molecule has 0 aromatic rings. The second kappa shape index (κ2) is 4.66. The van der Waals surface area contributed by atoms with Gasteiger partial charge in [-0.05, 0) is 17.8 Å². The first-order valence-electron chi connectivity index (χ1n) is 6.57. The van der Waals surface area contributed by atoms with Crippen molar-refractivity contribution in [2.24, 2.45) is 10.8 Å². The third kappa shape index (κ3) is 4.06. The van der Waals surface area contributed by atoms with Crippen molar-refractivity contribution in [3.8, 4) is 0 Å². The van der Waals surface area contributed by atoms with Gasteiger partial charge in [0.25, 0.3) is 0 Å². The Morgan fingerprint density at radius 3 is 2.12 bits per heavy atom. The van der Waals surface area contributed by atoms with E-state index in [2.05, 4.69) is 58.7 Å². The number of hydrogen-bond donors (Lipinski definition) is 1. The Labute approximate surface area is 102 Å². The molecule has 1 fully saturated rings. The summed E-state index contributed by atoms with van der Waals surface area (Å²) in [4.78, 5) is 2.65. The summed E-state index contributed by atoms with van der Waals surface area (Å²) < 4.78 is 0. The van der Waals surface area contributed by atoms with Crippen LogP contribution in [0.25, 0.3) is 0 Å². The van der Waals surface area contributed by atoms with Gasteiger partial charge in [-0.3, -0.25) is 4.90 Å². The summed E-state index contributed by atoms with van der Waals surface area (Å²) in [6, 6.07) is 1.28. The van der Waals surface area contributed by atoms with E-state index in [1.54, 1.807) is 0 Å². The predicted molar refractivity (Wildman–Crippen MR) is 71.7 cm³/mol. The standard InChI is InChI=1S/C14H30N2/c1-11-8-15-12(14(5,6)7)9-16(11)10-13(2,3)4/h11-12,15H,8-10H2,1-7H3. The van der Waals surface area contributed by atoms with Crippen molar-refractivity contribution >= 4 is 0 Å². The van der Waals surface area contributed by atoms with Gasteiger partial charge >= 0.3 is 0 Å². The first-order valence-corrected chi connectivity index (χ1v) is 6.57. The fourth-order valence-corrected chi connectivity index (χ4v) is 2.33. The van der Waals surface area contributed by atoms with Crippen LogP contribution in [0.1, 0.15) is 48.5 Å². The highest BCUT2D eigenvalue weighted by molar-refractivity contribution is 4.91. The largest absolute Gasteiger partial charge is 0.311 e. The molecule has 0 saturated carbocycles. The van der Waals surface area contributed by atoms with E-state index in [1.807, 2.05) is 0 Å². The second-order valence-electron chi connectivity index (χ2n) is 7.67. The van der Waals surface area contributed by atoms with Gasteiger partial charge in [0.05, 0.1) is 0 Å². The van der Waals surface area contributed by atoms with Gasteiger partial charge in [0.15, 0.2) is 0 Å². The molecule has 1 N–H and O–H groups in total. The van der Waals surface area contributed by atoms with Crippen LogP contribution in [0.15, 0.2) is 0 Å². The molecule has 0 amide bonds. The minimum Gasteiger partial charge on any atom is -0.311 e. The average Bonchev–Trinajstić information content (AvgIpc) is 2.04. The molecule has 0 aromatic carbocycles. The van der Waals surface area contributed by atoms with Crippen LogP contribution in [0, 0.1) is 10.8 Å². The SMILES string of the molecule is CC1CNC(C(C)(C)C)CN1CC(C)(C)C. The van der Waals surface area contributed by atoms with Crippen LogP contribution in [-0.2, 0) is 0 Å². The van der Waals surface area contributed by atoms with Crippen molar-refractivity contribution in [3.05, 3.63) is 0 Å². The normalized spacial score (nSPS) is 29.4. The third-order valence-corrected chi connectivity index (χ3v) is 3.42. The van der Waals surface area contributed by atoms with E-state index in [0.29, 0.717) is 22.9 Å². The molecule has 0 aliphatic carbocycles. The number of hydrogen-bond acceptors (Lipinski definition) is 2. The molecule has 16 heavy (non-hydrogen) atoms. The van der Waals surface area contributed by atoms with Crippen molar-refractivity contribution in [1.82, 2.24) is 10.2 Å². The quantitative estimate of drug-likeness (QED) is 0.739. The fourth-order valence-electron chi connectivity index (χ4n) is 2.33. The summed E-state index contributed by atoms with van der Waals surface area (Å²) in [7, 11) is 0. The molecule has 96 valence electrons.